The van der Waals surface area contributed by atoms with Crippen LogP contribution in [0, 0.1) is 17.8 Å². The summed E-state index contributed by atoms with van der Waals surface area (Å²) in [7, 11) is 0. The van der Waals surface area contributed by atoms with Crippen molar-refractivity contribution in [2.75, 3.05) is 6.54 Å². The van der Waals surface area contributed by atoms with E-state index in [4.69, 9.17) is 15.2 Å². The van der Waals surface area contributed by atoms with Crippen LogP contribution in [0.2, 0.25) is 0 Å². The summed E-state index contributed by atoms with van der Waals surface area (Å²) in [5, 5.41) is 4.30. The van der Waals surface area contributed by atoms with Crippen LogP contribution in [0.5, 0.6) is 0 Å². The molecule has 1 heterocycles. The summed E-state index contributed by atoms with van der Waals surface area (Å²) in [6.07, 6.45) is 8.65. The predicted octanol–water partition coefficient (Wildman–Crippen LogP) is 3.84. The fourth-order valence-corrected chi connectivity index (χ4v) is 4.25. The molecular weight excluding hydrogens is 262 g/mol. The molecule has 0 spiro atoms. The largest absolute Gasteiger partial charge is 0.339 e. The van der Waals surface area contributed by atoms with E-state index in [1.165, 1.54) is 38.5 Å². The lowest BCUT2D eigenvalue weighted by Gasteiger charge is -2.29. The Labute approximate surface area is 127 Å². The van der Waals surface area contributed by atoms with Crippen LogP contribution in [0.3, 0.4) is 0 Å². The smallest absolute Gasteiger partial charge is 0.230 e. The van der Waals surface area contributed by atoms with Crippen molar-refractivity contribution in [3.05, 3.63) is 11.7 Å². The third kappa shape index (κ3) is 3.15. The van der Waals surface area contributed by atoms with Crippen molar-refractivity contribution < 1.29 is 4.52 Å². The number of rotatable bonds is 4. The van der Waals surface area contributed by atoms with E-state index in [9.17, 15) is 0 Å². The van der Waals surface area contributed by atoms with Crippen LogP contribution < -0.4 is 5.73 Å². The summed E-state index contributed by atoms with van der Waals surface area (Å²) in [4.78, 5) is 4.75. The first-order valence-electron chi connectivity index (χ1n) is 8.72. The zero-order valence-corrected chi connectivity index (χ0v) is 13.4. The van der Waals surface area contributed by atoms with E-state index in [1.807, 2.05) is 0 Å². The Bertz CT molecular complexity index is 449. The van der Waals surface area contributed by atoms with E-state index < -0.39 is 0 Å². The van der Waals surface area contributed by atoms with Gasteiger partial charge in [0.05, 0.1) is 0 Å². The van der Waals surface area contributed by atoms with Crippen molar-refractivity contribution in [2.24, 2.45) is 23.5 Å². The van der Waals surface area contributed by atoms with Crippen molar-refractivity contribution >= 4 is 0 Å². The zero-order valence-electron chi connectivity index (χ0n) is 13.4. The van der Waals surface area contributed by atoms with Crippen LogP contribution >= 0.6 is 0 Å². The van der Waals surface area contributed by atoms with Gasteiger partial charge in [-0.05, 0) is 62.8 Å². The SMILES string of the molecule is CC(C)C1CCC(c2noc(C3CCCC3CN)n2)CC1. The number of hydrogen-bond acceptors (Lipinski definition) is 4. The van der Waals surface area contributed by atoms with Crippen molar-refractivity contribution in [3.8, 4) is 0 Å². The van der Waals surface area contributed by atoms with Crippen LogP contribution in [0.1, 0.15) is 82.3 Å². The third-order valence-corrected chi connectivity index (χ3v) is 5.82. The van der Waals surface area contributed by atoms with Crippen molar-refractivity contribution in [1.29, 1.82) is 0 Å². The molecule has 2 aliphatic rings. The lowest BCUT2D eigenvalue weighted by atomic mass is 9.77. The van der Waals surface area contributed by atoms with E-state index in [2.05, 4.69) is 19.0 Å². The summed E-state index contributed by atoms with van der Waals surface area (Å²) < 4.78 is 5.59. The third-order valence-electron chi connectivity index (χ3n) is 5.82. The molecule has 2 unspecified atom stereocenters. The maximum absolute atomic E-state index is 5.86. The minimum Gasteiger partial charge on any atom is -0.339 e. The molecule has 0 aromatic carbocycles. The maximum Gasteiger partial charge on any atom is 0.230 e. The molecule has 2 N–H and O–H groups in total. The van der Waals surface area contributed by atoms with Gasteiger partial charge in [0.1, 0.15) is 0 Å². The molecule has 2 fully saturated rings. The van der Waals surface area contributed by atoms with E-state index in [-0.39, 0.29) is 0 Å². The Kier molecular flexibility index (Phi) is 4.63. The van der Waals surface area contributed by atoms with E-state index in [0.717, 1.165) is 36.5 Å². The van der Waals surface area contributed by atoms with Gasteiger partial charge in [-0.2, -0.15) is 4.98 Å². The van der Waals surface area contributed by atoms with Crippen LogP contribution in [-0.2, 0) is 0 Å². The second kappa shape index (κ2) is 6.47. The van der Waals surface area contributed by atoms with Gasteiger partial charge in [-0.25, -0.2) is 0 Å². The standard InChI is InChI=1S/C17H29N3O/c1-11(2)12-6-8-13(9-7-12)16-19-17(21-20-16)15-5-3-4-14(15)10-18/h11-15H,3-10,18H2,1-2H3. The highest BCUT2D eigenvalue weighted by molar-refractivity contribution is 5.04. The Morgan fingerprint density at radius 3 is 2.57 bits per heavy atom. The quantitative estimate of drug-likeness (QED) is 0.915. The molecule has 2 aliphatic carbocycles. The fourth-order valence-electron chi connectivity index (χ4n) is 4.25. The number of hydrogen-bond donors (Lipinski definition) is 1. The predicted molar refractivity (Wildman–Crippen MR) is 83.0 cm³/mol. The molecule has 0 amide bonds. The topological polar surface area (TPSA) is 64.9 Å². The van der Waals surface area contributed by atoms with E-state index in [1.54, 1.807) is 0 Å². The summed E-state index contributed by atoms with van der Waals surface area (Å²) in [6.45, 7) is 5.41. The highest BCUT2D eigenvalue weighted by atomic mass is 16.5. The lowest BCUT2D eigenvalue weighted by molar-refractivity contribution is 0.251. The molecule has 0 radical (unpaired) electrons. The molecule has 118 valence electrons. The first-order chi connectivity index (χ1) is 10.2. The number of nitrogens with zero attached hydrogens (tertiary/aromatic N) is 2. The van der Waals surface area contributed by atoms with Gasteiger partial charge in [0.15, 0.2) is 5.82 Å². The normalized spacial score (nSPS) is 33.7. The molecule has 2 atom stereocenters. The Balaban J connectivity index is 1.63. The fraction of sp³-hybridized carbons (Fsp3) is 0.882. The molecule has 0 aliphatic heterocycles. The zero-order chi connectivity index (χ0) is 14.8. The second-order valence-electron chi connectivity index (χ2n) is 7.38. The summed E-state index contributed by atoms with van der Waals surface area (Å²) in [6, 6.07) is 0. The number of aromatic nitrogens is 2. The molecule has 3 rings (SSSR count). The Hall–Kier alpha value is -0.900. The van der Waals surface area contributed by atoms with Gasteiger partial charge in [-0.15, -0.1) is 0 Å². The summed E-state index contributed by atoms with van der Waals surface area (Å²) >= 11 is 0. The minimum atomic E-state index is 0.406. The Morgan fingerprint density at radius 2 is 1.90 bits per heavy atom. The summed E-state index contributed by atoms with van der Waals surface area (Å²) in [5.74, 6) is 4.94. The van der Waals surface area contributed by atoms with Gasteiger partial charge < -0.3 is 10.3 Å². The van der Waals surface area contributed by atoms with Crippen molar-refractivity contribution in [1.82, 2.24) is 10.1 Å². The van der Waals surface area contributed by atoms with Gasteiger partial charge >= 0.3 is 0 Å². The van der Waals surface area contributed by atoms with Gasteiger partial charge in [-0.1, -0.05) is 25.4 Å². The average Bonchev–Trinajstić information content (AvgIpc) is 3.15. The first kappa shape index (κ1) is 15.0. The molecule has 2 saturated carbocycles. The number of nitrogens with two attached hydrogens (primary N) is 1. The molecule has 1 aromatic rings. The van der Waals surface area contributed by atoms with Crippen LogP contribution in [-0.4, -0.2) is 16.7 Å². The maximum atomic E-state index is 5.86. The molecule has 4 nitrogen and oxygen atoms in total. The second-order valence-corrected chi connectivity index (χ2v) is 7.38. The lowest BCUT2D eigenvalue weighted by Crippen LogP contribution is -2.19. The molecule has 0 bridgehead atoms. The molecule has 1 aromatic heterocycles. The van der Waals surface area contributed by atoms with Gasteiger partial charge in [0.2, 0.25) is 5.89 Å². The van der Waals surface area contributed by atoms with Crippen LogP contribution in [0.25, 0.3) is 0 Å². The van der Waals surface area contributed by atoms with Crippen LogP contribution in [0.15, 0.2) is 4.52 Å². The molecule has 21 heavy (non-hydrogen) atoms. The molecular formula is C17H29N3O. The Morgan fingerprint density at radius 1 is 1.14 bits per heavy atom. The molecule has 4 heteroatoms. The van der Waals surface area contributed by atoms with E-state index in [0.29, 0.717) is 17.8 Å². The van der Waals surface area contributed by atoms with Gasteiger partial charge in [0, 0.05) is 11.8 Å². The minimum absolute atomic E-state index is 0.406. The van der Waals surface area contributed by atoms with E-state index >= 15 is 0 Å². The first-order valence-corrected chi connectivity index (χ1v) is 8.72. The highest BCUT2D eigenvalue weighted by Gasteiger charge is 2.33. The monoisotopic (exact) mass is 291 g/mol. The van der Waals surface area contributed by atoms with Gasteiger partial charge in [0.25, 0.3) is 0 Å². The highest BCUT2D eigenvalue weighted by Crippen LogP contribution is 2.41. The van der Waals surface area contributed by atoms with Crippen LogP contribution in [0.4, 0.5) is 0 Å². The van der Waals surface area contributed by atoms with Crippen molar-refractivity contribution in [2.45, 2.75) is 70.6 Å². The summed E-state index contributed by atoms with van der Waals surface area (Å²) in [5.41, 5.74) is 5.86. The van der Waals surface area contributed by atoms with Gasteiger partial charge in [-0.3, -0.25) is 0 Å². The van der Waals surface area contributed by atoms with Crippen molar-refractivity contribution in [3.63, 3.8) is 0 Å². The average molecular weight is 291 g/mol. The molecule has 0 saturated heterocycles.